The number of carbonyl (C=O) groups excluding carboxylic acids is 2. The first kappa shape index (κ1) is 20.5. The van der Waals surface area contributed by atoms with Gasteiger partial charge < -0.3 is 20.5 Å². The topological polar surface area (TPSA) is 105 Å². The van der Waals surface area contributed by atoms with Gasteiger partial charge in [-0.05, 0) is 53.9 Å². The first-order valence-corrected chi connectivity index (χ1v) is 11.1. The highest BCUT2D eigenvalue weighted by Gasteiger charge is 2.55. The summed E-state index contributed by atoms with van der Waals surface area (Å²) in [5, 5.41) is 14.7. The molecule has 1 unspecified atom stereocenters. The van der Waals surface area contributed by atoms with Crippen molar-refractivity contribution >= 4 is 18.0 Å². The van der Waals surface area contributed by atoms with Crippen LogP contribution in [0.1, 0.15) is 49.1 Å². The van der Waals surface area contributed by atoms with Crippen LogP contribution in [0, 0.1) is 5.92 Å². The molecular formula is C25H26N2O5. The van der Waals surface area contributed by atoms with E-state index in [9.17, 15) is 19.5 Å². The molecule has 7 nitrogen and oxygen atoms in total. The van der Waals surface area contributed by atoms with Gasteiger partial charge in [-0.3, -0.25) is 9.59 Å². The smallest absolute Gasteiger partial charge is 0.407 e. The van der Waals surface area contributed by atoms with E-state index >= 15 is 0 Å². The summed E-state index contributed by atoms with van der Waals surface area (Å²) in [6.07, 6.45) is 2.72. The number of hydrogen-bond acceptors (Lipinski definition) is 4. The van der Waals surface area contributed by atoms with Crippen molar-refractivity contribution in [1.82, 2.24) is 10.6 Å². The summed E-state index contributed by atoms with van der Waals surface area (Å²) in [5.74, 6) is -1.23. The maximum absolute atomic E-state index is 12.7. The molecule has 1 atom stereocenters. The Labute approximate surface area is 186 Å². The second kappa shape index (κ2) is 7.97. The predicted octanol–water partition coefficient (Wildman–Crippen LogP) is 3.43. The minimum absolute atomic E-state index is 0.104. The molecule has 2 amide bonds. The Morgan fingerprint density at radius 3 is 2.12 bits per heavy atom. The number of rotatable bonds is 8. The lowest BCUT2D eigenvalue weighted by molar-refractivity contribution is -0.140. The van der Waals surface area contributed by atoms with Gasteiger partial charge in [-0.15, -0.1) is 0 Å². The maximum Gasteiger partial charge on any atom is 0.407 e. The third kappa shape index (κ3) is 3.95. The average molecular weight is 434 g/mol. The number of carboxylic acids is 1. The number of nitrogens with one attached hydrogen (secondary N) is 2. The van der Waals surface area contributed by atoms with Gasteiger partial charge in [-0.2, -0.15) is 0 Å². The van der Waals surface area contributed by atoms with E-state index in [2.05, 4.69) is 22.8 Å². The maximum atomic E-state index is 12.7. The second-order valence-electron chi connectivity index (χ2n) is 9.04. The van der Waals surface area contributed by atoms with Crippen LogP contribution in [-0.2, 0) is 14.3 Å². The molecule has 166 valence electrons. The summed E-state index contributed by atoms with van der Waals surface area (Å²) >= 11 is 0. The number of fused-ring (bicyclic) bond motifs is 3. The fourth-order valence-electron chi connectivity index (χ4n) is 4.90. The summed E-state index contributed by atoms with van der Waals surface area (Å²) in [4.78, 5) is 36.6. The lowest BCUT2D eigenvalue weighted by Gasteiger charge is -2.22. The SMILES string of the molecule is O=C(O)CC(NC(=O)OCC1c2ccccc2-c2ccccc21)C(=O)NC1(C2CC2)CC1. The van der Waals surface area contributed by atoms with Gasteiger partial charge in [-0.25, -0.2) is 4.79 Å². The molecule has 0 radical (unpaired) electrons. The van der Waals surface area contributed by atoms with Gasteiger partial charge in [-0.1, -0.05) is 48.5 Å². The van der Waals surface area contributed by atoms with E-state index in [1.807, 2.05) is 36.4 Å². The van der Waals surface area contributed by atoms with E-state index < -0.39 is 30.4 Å². The van der Waals surface area contributed by atoms with Gasteiger partial charge in [0.25, 0.3) is 0 Å². The highest BCUT2D eigenvalue weighted by molar-refractivity contribution is 5.90. The fraction of sp³-hybridized carbons (Fsp3) is 0.400. The molecule has 5 rings (SSSR count). The van der Waals surface area contributed by atoms with Crippen molar-refractivity contribution in [2.24, 2.45) is 5.92 Å². The zero-order chi connectivity index (χ0) is 22.3. The Balaban J connectivity index is 1.24. The molecule has 3 aliphatic rings. The van der Waals surface area contributed by atoms with Crippen molar-refractivity contribution in [2.75, 3.05) is 6.61 Å². The third-order valence-corrected chi connectivity index (χ3v) is 6.85. The molecule has 2 saturated carbocycles. The van der Waals surface area contributed by atoms with Gasteiger partial charge in [0.05, 0.1) is 6.42 Å². The molecular weight excluding hydrogens is 408 g/mol. The van der Waals surface area contributed by atoms with Crippen molar-refractivity contribution < 1.29 is 24.2 Å². The molecule has 0 bridgehead atoms. The summed E-state index contributed by atoms with van der Waals surface area (Å²) in [6.45, 7) is 0.104. The monoisotopic (exact) mass is 434 g/mol. The number of aliphatic carboxylic acids is 1. The van der Waals surface area contributed by atoms with Crippen molar-refractivity contribution in [2.45, 2.75) is 49.6 Å². The molecule has 0 saturated heterocycles. The van der Waals surface area contributed by atoms with Crippen molar-refractivity contribution in [3.63, 3.8) is 0 Å². The van der Waals surface area contributed by atoms with Crippen LogP contribution in [0.5, 0.6) is 0 Å². The van der Waals surface area contributed by atoms with Crippen LogP contribution in [0.15, 0.2) is 48.5 Å². The van der Waals surface area contributed by atoms with Crippen LogP contribution in [0.4, 0.5) is 4.79 Å². The van der Waals surface area contributed by atoms with E-state index in [0.29, 0.717) is 5.92 Å². The Kier molecular flexibility index (Phi) is 5.12. The number of hydrogen-bond donors (Lipinski definition) is 3. The van der Waals surface area contributed by atoms with E-state index in [4.69, 9.17) is 4.74 Å². The van der Waals surface area contributed by atoms with Gasteiger partial charge in [0.1, 0.15) is 12.6 Å². The van der Waals surface area contributed by atoms with Crippen LogP contribution in [0.25, 0.3) is 11.1 Å². The van der Waals surface area contributed by atoms with Crippen LogP contribution in [-0.4, -0.2) is 41.3 Å². The van der Waals surface area contributed by atoms with Crippen molar-refractivity contribution in [1.29, 1.82) is 0 Å². The quantitative estimate of drug-likeness (QED) is 0.590. The lowest BCUT2D eigenvalue weighted by Crippen LogP contribution is -2.52. The summed E-state index contributed by atoms with van der Waals surface area (Å²) in [5.41, 5.74) is 4.21. The second-order valence-corrected chi connectivity index (χ2v) is 9.04. The van der Waals surface area contributed by atoms with Crippen LogP contribution in [0.3, 0.4) is 0 Å². The van der Waals surface area contributed by atoms with E-state index in [1.54, 1.807) is 0 Å². The van der Waals surface area contributed by atoms with E-state index in [0.717, 1.165) is 47.9 Å². The highest BCUT2D eigenvalue weighted by Crippen LogP contribution is 2.53. The van der Waals surface area contributed by atoms with Gasteiger partial charge in [0.2, 0.25) is 5.91 Å². The standard InChI is InChI=1S/C25H26N2O5/c28-22(29)13-21(23(30)27-25(11-12-25)15-9-10-15)26-24(31)32-14-20-18-7-3-1-5-16(18)17-6-2-4-8-19(17)20/h1-8,15,20-21H,9-14H2,(H,26,31)(H,27,30)(H,28,29). The van der Waals surface area contributed by atoms with E-state index in [-0.39, 0.29) is 18.1 Å². The molecule has 0 aromatic heterocycles. The minimum atomic E-state index is -1.17. The molecule has 3 N–H and O–H groups in total. The molecule has 2 fully saturated rings. The molecule has 3 aliphatic carbocycles. The molecule has 0 heterocycles. The summed E-state index contributed by atoms with van der Waals surface area (Å²) in [6, 6.07) is 14.9. The number of ether oxygens (including phenoxy) is 1. The zero-order valence-electron chi connectivity index (χ0n) is 17.7. The summed E-state index contributed by atoms with van der Waals surface area (Å²) in [7, 11) is 0. The number of alkyl carbamates (subject to hydrolysis) is 1. The van der Waals surface area contributed by atoms with Crippen molar-refractivity contribution in [3.05, 3.63) is 59.7 Å². The fourth-order valence-corrected chi connectivity index (χ4v) is 4.90. The molecule has 0 aliphatic heterocycles. The Hall–Kier alpha value is -3.35. The Morgan fingerprint density at radius 1 is 1.00 bits per heavy atom. The Morgan fingerprint density at radius 2 is 1.59 bits per heavy atom. The van der Waals surface area contributed by atoms with Gasteiger partial charge in [0, 0.05) is 11.5 Å². The zero-order valence-corrected chi connectivity index (χ0v) is 17.7. The van der Waals surface area contributed by atoms with Gasteiger partial charge >= 0.3 is 12.1 Å². The van der Waals surface area contributed by atoms with Crippen LogP contribution >= 0.6 is 0 Å². The average Bonchev–Trinajstić information content (AvgIpc) is 3.69. The van der Waals surface area contributed by atoms with Crippen LogP contribution < -0.4 is 10.6 Å². The van der Waals surface area contributed by atoms with Crippen LogP contribution in [0.2, 0.25) is 0 Å². The number of carboxylic acid groups (broad SMARTS) is 1. The molecule has 2 aromatic rings. The van der Waals surface area contributed by atoms with E-state index in [1.165, 1.54) is 0 Å². The summed E-state index contributed by atoms with van der Waals surface area (Å²) < 4.78 is 5.48. The molecule has 0 spiro atoms. The minimum Gasteiger partial charge on any atom is -0.481 e. The van der Waals surface area contributed by atoms with Gasteiger partial charge in [0.15, 0.2) is 0 Å². The largest absolute Gasteiger partial charge is 0.481 e. The first-order chi connectivity index (χ1) is 15.5. The molecule has 7 heteroatoms. The molecule has 32 heavy (non-hydrogen) atoms. The normalized spacial score (nSPS) is 18.8. The number of carbonyl (C=O) groups is 3. The first-order valence-electron chi connectivity index (χ1n) is 11.1. The third-order valence-electron chi connectivity index (χ3n) is 6.85. The lowest BCUT2D eigenvalue weighted by atomic mass is 9.98. The predicted molar refractivity (Wildman–Crippen MR) is 117 cm³/mol. The number of amides is 2. The number of benzene rings is 2. The van der Waals surface area contributed by atoms with Crippen molar-refractivity contribution in [3.8, 4) is 11.1 Å². The molecule has 2 aromatic carbocycles. The Bertz CT molecular complexity index is 1030. The highest BCUT2D eigenvalue weighted by atomic mass is 16.5.